The van der Waals surface area contributed by atoms with Gasteiger partial charge in [-0.05, 0) is 18.1 Å². The number of carbonyl (C=O) groups excluding carboxylic acids is 1. The fourth-order valence-electron chi connectivity index (χ4n) is 2.37. The molecule has 2 saturated heterocycles. The minimum Gasteiger partial charge on any atom is -0.447 e. The number of piperidine rings is 1. The molecule has 1 amide bonds. The lowest BCUT2D eigenvalue weighted by Gasteiger charge is -2.46. The number of nitrogens with zero attached hydrogens (tertiary/aromatic N) is 1. The fourth-order valence-corrected chi connectivity index (χ4v) is 3.70. The van der Waals surface area contributed by atoms with E-state index >= 15 is 0 Å². The number of ether oxygens (including phenoxy) is 1. The number of hydrogen-bond acceptors (Lipinski definition) is 5. The first kappa shape index (κ1) is 15.8. The minimum absolute atomic E-state index is 0.0105. The number of aliphatic hydroxyl groups is 2. The highest BCUT2D eigenvalue weighted by molar-refractivity contribution is 6.74. The van der Waals surface area contributed by atoms with Crippen LogP contribution in [0.25, 0.3) is 0 Å². The zero-order chi connectivity index (χ0) is 15.3. The maximum absolute atomic E-state index is 11.6. The third kappa shape index (κ3) is 2.59. The van der Waals surface area contributed by atoms with Gasteiger partial charge in [0.2, 0.25) is 0 Å². The molecule has 2 rings (SSSR count). The maximum Gasteiger partial charge on any atom is 0.410 e. The second-order valence-corrected chi connectivity index (χ2v) is 12.0. The molecule has 2 fully saturated rings. The van der Waals surface area contributed by atoms with Gasteiger partial charge in [0.05, 0.1) is 18.7 Å². The van der Waals surface area contributed by atoms with Gasteiger partial charge in [-0.25, -0.2) is 4.79 Å². The van der Waals surface area contributed by atoms with Crippen LogP contribution in [0.15, 0.2) is 0 Å². The molecule has 2 N–H and O–H groups in total. The Morgan fingerprint density at radius 3 is 2.50 bits per heavy atom. The van der Waals surface area contributed by atoms with Crippen molar-refractivity contribution < 1.29 is 24.2 Å². The normalized spacial score (nSPS) is 35.0. The summed E-state index contributed by atoms with van der Waals surface area (Å²) in [6, 6.07) is -0.310. The standard InChI is InChI=1S/C13H25NO5Si/c1-13(2,3)20(4,5)19-11-8-7-18-12(17)14(8)6-9(15)10(11)16/h8-11,15-16H,6-7H2,1-5H3/t8-,9-,10-,11+/m0/s1. The van der Waals surface area contributed by atoms with Gasteiger partial charge >= 0.3 is 6.09 Å². The predicted molar refractivity (Wildman–Crippen MR) is 75.9 cm³/mol. The zero-order valence-electron chi connectivity index (χ0n) is 12.8. The van der Waals surface area contributed by atoms with Crippen LogP contribution < -0.4 is 0 Å². The molecule has 0 radical (unpaired) electrons. The lowest BCUT2D eigenvalue weighted by molar-refractivity contribution is -0.112. The molecule has 0 aliphatic carbocycles. The van der Waals surface area contributed by atoms with Gasteiger partial charge in [-0.3, -0.25) is 4.90 Å². The van der Waals surface area contributed by atoms with Gasteiger partial charge in [-0.1, -0.05) is 20.8 Å². The van der Waals surface area contributed by atoms with E-state index in [4.69, 9.17) is 9.16 Å². The number of cyclic esters (lactones) is 1. The van der Waals surface area contributed by atoms with Gasteiger partial charge in [0.15, 0.2) is 8.32 Å². The summed E-state index contributed by atoms with van der Waals surface area (Å²) in [5.41, 5.74) is 0. The molecule has 4 atom stereocenters. The third-order valence-corrected chi connectivity index (χ3v) is 9.22. The van der Waals surface area contributed by atoms with Crippen LogP contribution in [0.2, 0.25) is 18.1 Å². The Hall–Kier alpha value is -0.633. The Morgan fingerprint density at radius 1 is 1.35 bits per heavy atom. The van der Waals surface area contributed by atoms with Crippen molar-refractivity contribution in [3.8, 4) is 0 Å². The summed E-state index contributed by atoms with van der Waals surface area (Å²) in [5, 5.41) is 20.2. The monoisotopic (exact) mass is 303 g/mol. The van der Waals surface area contributed by atoms with Crippen LogP contribution in [0.5, 0.6) is 0 Å². The third-order valence-electron chi connectivity index (χ3n) is 4.74. The quantitative estimate of drug-likeness (QED) is 0.742. The van der Waals surface area contributed by atoms with Crippen LogP contribution in [0.4, 0.5) is 4.79 Å². The summed E-state index contributed by atoms with van der Waals surface area (Å²) < 4.78 is 11.3. The molecular formula is C13H25NO5Si. The van der Waals surface area contributed by atoms with Crippen LogP contribution in [-0.4, -0.2) is 67.0 Å². The van der Waals surface area contributed by atoms with E-state index in [1.54, 1.807) is 0 Å². The van der Waals surface area contributed by atoms with Crippen LogP contribution >= 0.6 is 0 Å². The molecule has 7 heteroatoms. The zero-order valence-corrected chi connectivity index (χ0v) is 13.8. The molecule has 0 aromatic carbocycles. The van der Waals surface area contributed by atoms with Crippen LogP contribution in [-0.2, 0) is 9.16 Å². The first-order valence-electron chi connectivity index (χ1n) is 7.02. The Labute approximate surface area is 120 Å². The SMILES string of the molecule is CC(C)(C)[Si](C)(C)O[C@H]1[C@@H](O)[C@@H](O)CN2C(=O)OC[C@@H]12. The van der Waals surface area contributed by atoms with E-state index in [-0.39, 0.29) is 24.2 Å². The highest BCUT2D eigenvalue weighted by atomic mass is 28.4. The summed E-state index contributed by atoms with van der Waals surface area (Å²) in [4.78, 5) is 13.1. The van der Waals surface area contributed by atoms with Crippen molar-refractivity contribution in [2.75, 3.05) is 13.2 Å². The van der Waals surface area contributed by atoms with Gasteiger partial charge in [-0.15, -0.1) is 0 Å². The highest BCUT2D eigenvalue weighted by Crippen LogP contribution is 2.39. The smallest absolute Gasteiger partial charge is 0.410 e. The second-order valence-electron chi connectivity index (χ2n) is 7.20. The van der Waals surface area contributed by atoms with E-state index in [1.807, 2.05) is 0 Å². The predicted octanol–water partition coefficient (Wildman–Crippen LogP) is 0.933. The molecule has 116 valence electrons. The molecule has 2 heterocycles. The van der Waals surface area contributed by atoms with E-state index in [0.717, 1.165) is 0 Å². The van der Waals surface area contributed by atoms with Gasteiger partial charge in [-0.2, -0.15) is 0 Å². The van der Waals surface area contributed by atoms with Crippen molar-refractivity contribution in [3.05, 3.63) is 0 Å². The van der Waals surface area contributed by atoms with Gasteiger partial charge in [0.25, 0.3) is 0 Å². The van der Waals surface area contributed by atoms with Crippen molar-refractivity contribution in [2.45, 2.75) is 63.3 Å². The first-order valence-corrected chi connectivity index (χ1v) is 9.93. The van der Waals surface area contributed by atoms with E-state index in [2.05, 4.69) is 33.9 Å². The van der Waals surface area contributed by atoms with E-state index in [1.165, 1.54) is 4.90 Å². The second kappa shape index (κ2) is 4.98. The van der Waals surface area contributed by atoms with Crippen molar-refractivity contribution in [1.82, 2.24) is 4.90 Å². The fraction of sp³-hybridized carbons (Fsp3) is 0.923. The van der Waals surface area contributed by atoms with Crippen molar-refractivity contribution >= 4 is 14.4 Å². The minimum atomic E-state index is -2.11. The summed E-state index contributed by atoms with van der Waals surface area (Å²) in [6.45, 7) is 10.8. The van der Waals surface area contributed by atoms with Crippen LogP contribution in [0.1, 0.15) is 20.8 Å². The van der Waals surface area contributed by atoms with E-state index in [0.29, 0.717) is 0 Å². The molecule has 2 aliphatic heterocycles. The summed E-state index contributed by atoms with van der Waals surface area (Å²) in [5.74, 6) is 0. The average molecular weight is 303 g/mol. The Bertz CT molecular complexity index is 395. The number of carbonyl (C=O) groups is 1. The molecule has 0 aromatic rings. The molecule has 0 unspecified atom stereocenters. The van der Waals surface area contributed by atoms with Gasteiger partial charge in [0, 0.05) is 0 Å². The van der Waals surface area contributed by atoms with Crippen molar-refractivity contribution in [3.63, 3.8) is 0 Å². The van der Waals surface area contributed by atoms with Crippen molar-refractivity contribution in [1.29, 1.82) is 0 Å². The van der Waals surface area contributed by atoms with Crippen LogP contribution in [0.3, 0.4) is 0 Å². The largest absolute Gasteiger partial charge is 0.447 e. The topological polar surface area (TPSA) is 79.2 Å². The molecule has 0 aromatic heterocycles. The van der Waals surface area contributed by atoms with Crippen molar-refractivity contribution in [2.24, 2.45) is 0 Å². The molecule has 0 spiro atoms. The number of fused-ring (bicyclic) bond motifs is 1. The lowest BCUT2D eigenvalue weighted by Crippen LogP contribution is -2.64. The number of rotatable bonds is 2. The number of amides is 1. The molecule has 0 bridgehead atoms. The number of hydrogen-bond donors (Lipinski definition) is 2. The van der Waals surface area contributed by atoms with E-state index in [9.17, 15) is 15.0 Å². The summed E-state index contributed by atoms with van der Waals surface area (Å²) in [7, 11) is -2.11. The molecule has 2 aliphatic rings. The highest BCUT2D eigenvalue weighted by Gasteiger charge is 2.52. The Kier molecular flexibility index (Phi) is 3.92. The van der Waals surface area contributed by atoms with Gasteiger partial charge in [0.1, 0.15) is 18.8 Å². The van der Waals surface area contributed by atoms with E-state index < -0.39 is 32.7 Å². The summed E-state index contributed by atoms with van der Waals surface area (Å²) in [6.07, 6.45) is -3.01. The molecule has 0 saturated carbocycles. The van der Waals surface area contributed by atoms with Gasteiger partial charge < -0.3 is 19.4 Å². The van der Waals surface area contributed by atoms with Crippen LogP contribution in [0, 0.1) is 0 Å². The first-order chi connectivity index (χ1) is 9.04. The average Bonchev–Trinajstić information content (AvgIpc) is 2.65. The molecule has 20 heavy (non-hydrogen) atoms. The number of aliphatic hydroxyl groups excluding tert-OH is 2. The lowest BCUT2D eigenvalue weighted by atomic mass is 9.95. The Morgan fingerprint density at radius 2 is 1.95 bits per heavy atom. The molecule has 6 nitrogen and oxygen atoms in total. The Balaban J connectivity index is 2.22. The summed E-state index contributed by atoms with van der Waals surface area (Å²) >= 11 is 0. The maximum atomic E-state index is 11.6. The molecular weight excluding hydrogens is 278 g/mol.